The molecule has 0 bridgehead atoms. The molecule has 1 fully saturated rings. The zero-order chi connectivity index (χ0) is 21.5. The summed E-state index contributed by atoms with van der Waals surface area (Å²) < 4.78 is 24.2. The molecule has 0 atom stereocenters. The molecular formula is C21H24FN3O4S. The van der Waals surface area contributed by atoms with E-state index >= 15 is 0 Å². The van der Waals surface area contributed by atoms with Crippen molar-refractivity contribution in [1.82, 2.24) is 15.6 Å². The Morgan fingerprint density at radius 1 is 1.13 bits per heavy atom. The molecule has 0 spiro atoms. The quantitative estimate of drug-likeness (QED) is 0.666. The van der Waals surface area contributed by atoms with Crippen LogP contribution < -0.4 is 15.4 Å². The Balaban J connectivity index is 1.66. The third-order valence-corrected chi connectivity index (χ3v) is 5.61. The molecule has 1 aliphatic carbocycles. The van der Waals surface area contributed by atoms with Crippen LogP contribution in [0.25, 0.3) is 0 Å². The van der Waals surface area contributed by atoms with E-state index in [0.29, 0.717) is 31.4 Å². The predicted octanol–water partition coefficient (Wildman–Crippen LogP) is 4.13. The highest BCUT2D eigenvalue weighted by molar-refractivity contribution is 7.98. The maximum Gasteiger partial charge on any atom is 0.407 e. The monoisotopic (exact) mass is 433 g/mol. The third kappa shape index (κ3) is 5.85. The molecule has 9 heteroatoms. The van der Waals surface area contributed by atoms with Gasteiger partial charge < -0.3 is 20.1 Å². The lowest BCUT2D eigenvalue weighted by atomic mass is 9.91. The first-order chi connectivity index (χ1) is 14.5. The number of hydrogen-bond donors (Lipinski definition) is 2. The SMILES string of the molecule is COC(=O)N[C@H]1CC[C@@H](NC(=O)c2cc(F)cnc2Oc2cccc(SC)c2)CC1. The number of rotatable bonds is 6. The van der Waals surface area contributed by atoms with Gasteiger partial charge in [0.15, 0.2) is 0 Å². The van der Waals surface area contributed by atoms with Crippen molar-refractivity contribution in [3.63, 3.8) is 0 Å². The molecule has 160 valence electrons. The van der Waals surface area contributed by atoms with Gasteiger partial charge in [-0.3, -0.25) is 4.79 Å². The van der Waals surface area contributed by atoms with E-state index in [4.69, 9.17) is 4.74 Å². The first kappa shape index (κ1) is 21.9. The lowest BCUT2D eigenvalue weighted by Gasteiger charge is -2.29. The van der Waals surface area contributed by atoms with Crippen molar-refractivity contribution in [3.05, 3.63) is 47.9 Å². The van der Waals surface area contributed by atoms with E-state index in [9.17, 15) is 14.0 Å². The lowest BCUT2D eigenvalue weighted by molar-refractivity contribution is 0.0919. The van der Waals surface area contributed by atoms with E-state index in [0.717, 1.165) is 17.2 Å². The van der Waals surface area contributed by atoms with Crippen molar-refractivity contribution in [2.75, 3.05) is 13.4 Å². The molecule has 7 nitrogen and oxygen atoms in total. The highest BCUT2D eigenvalue weighted by atomic mass is 32.2. The van der Waals surface area contributed by atoms with E-state index in [1.54, 1.807) is 17.8 Å². The minimum absolute atomic E-state index is 0.0176. The fourth-order valence-electron chi connectivity index (χ4n) is 3.32. The van der Waals surface area contributed by atoms with Crippen LogP contribution in [-0.4, -0.2) is 42.4 Å². The van der Waals surface area contributed by atoms with Gasteiger partial charge in [0.1, 0.15) is 17.1 Å². The van der Waals surface area contributed by atoms with Gasteiger partial charge in [0, 0.05) is 17.0 Å². The Bertz CT molecular complexity index is 904. The number of amides is 2. The van der Waals surface area contributed by atoms with Crippen LogP contribution in [0.3, 0.4) is 0 Å². The third-order valence-electron chi connectivity index (χ3n) is 4.89. The average Bonchev–Trinajstić information content (AvgIpc) is 2.76. The van der Waals surface area contributed by atoms with Crippen molar-refractivity contribution < 1.29 is 23.5 Å². The molecule has 2 N–H and O–H groups in total. The van der Waals surface area contributed by atoms with Gasteiger partial charge >= 0.3 is 6.09 Å². The number of ether oxygens (including phenoxy) is 2. The van der Waals surface area contributed by atoms with Crippen LogP contribution in [0.4, 0.5) is 9.18 Å². The van der Waals surface area contributed by atoms with Gasteiger partial charge in [0.05, 0.1) is 13.3 Å². The van der Waals surface area contributed by atoms with E-state index in [1.807, 2.05) is 24.5 Å². The molecule has 2 aromatic rings. The maximum atomic E-state index is 13.8. The summed E-state index contributed by atoms with van der Waals surface area (Å²) in [6, 6.07) is 8.42. The van der Waals surface area contributed by atoms with Crippen molar-refractivity contribution in [3.8, 4) is 11.6 Å². The number of pyridine rings is 1. The van der Waals surface area contributed by atoms with E-state index in [1.165, 1.54) is 7.11 Å². The number of hydrogen-bond acceptors (Lipinski definition) is 6. The van der Waals surface area contributed by atoms with Crippen LogP contribution in [0.5, 0.6) is 11.6 Å². The summed E-state index contributed by atoms with van der Waals surface area (Å²) in [5.41, 5.74) is 0.0411. The van der Waals surface area contributed by atoms with Crippen molar-refractivity contribution in [2.45, 2.75) is 42.7 Å². The maximum absolute atomic E-state index is 13.8. The fourth-order valence-corrected chi connectivity index (χ4v) is 3.77. The van der Waals surface area contributed by atoms with Crippen LogP contribution in [0.1, 0.15) is 36.0 Å². The number of methoxy groups -OCH3 is 1. The number of thioether (sulfide) groups is 1. The Morgan fingerprint density at radius 2 is 1.83 bits per heavy atom. The van der Waals surface area contributed by atoms with Gasteiger partial charge in [0.2, 0.25) is 5.88 Å². The van der Waals surface area contributed by atoms with Crippen LogP contribution in [0.15, 0.2) is 41.4 Å². The van der Waals surface area contributed by atoms with Crippen molar-refractivity contribution >= 4 is 23.8 Å². The molecule has 0 saturated heterocycles. The van der Waals surface area contributed by atoms with Gasteiger partial charge in [0.25, 0.3) is 5.91 Å². The molecule has 0 radical (unpaired) electrons. The lowest BCUT2D eigenvalue weighted by Crippen LogP contribution is -2.43. The first-order valence-corrected chi connectivity index (χ1v) is 10.8. The summed E-state index contributed by atoms with van der Waals surface area (Å²) in [7, 11) is 1.32. The van der Waals surface area contributed by atoms with Gasteiger partial charge in [-0.1, -0.05) is 6.07 Å². The number of nitrogens with one attached hydrogen (secondary N) is 2. The molecule has 1 aromatic heterocycles. The van der Waals surface area contributed by atoms with Crippen LogP contribution in [-0.2, 0) is 4.74 Å². The molecule has 1 saturated carbocycles. The standard InChI is InChI=1S/C21H24FN3O4S/c1-28-21(27)25-15-8-6-14(7-9-15)24-19(26)18-10-13(22)12-23-20(18)29-16-4-3-5-17(11-16)30-2/h3-5,10-12,14-15H,6-9H2,1-2H3,(H,24,26)(H,25,27)/t14-,15+. The Hall–Kier alpha value is -2.81. The molecule has 0 unspecified atom stereocenters. The molecule has 0 aliphatic heterocycles. The van der Waals surface area contributed by atoms with Gasteiger partial charge in [-0.2, -0.15) is 0 Å². The second-order valence-corrected chi connectivity index (χ2v) is 7.82. The van der Waals surface area contributed by atoms with E-state index in [-0.39, 0.29) is 23.5 Å². The van der Waals surface area contributed by atoms with Crippen molar-refractivity contribution in [1.29, 1.82) is 0 Å². The molecular weight excluding hydrogens is 409 g/mol. The first-order valence-electron chi connectivity index (χ1n) is 9.61. The van der Waals surface area contributed by atoms with Gasteiger partial charge in [-0.15, -0.1) is 11.8 Å². The van der Waals surface area contributed by atoms with Crippen LogP contribution in [0, 0.1) is 5.82 Å². The number of alkyl carbamates (subject to hydrolysis) is 1. The van der Waals surface area contributed by atoms with Gasteiger partial charge in [-0.05, 0) is 56.2 Å². The zero-order valence-corrected chi connectivity index (χ0v) is 17.6. The number of aromatic nitrogens is 1. The molecule has 2 amide bonds. The highest BCUT2D eigenvalue weighted by Gasteiger charge is 2.25. The predicted molar refractivity (Wildman–Crippen MR) is 112 cm³/mol. The molecule has 1 aromatic carbocycles. The molecule has 1 aliphatic rings. The number of nitrogens with zero attached hydrogens (tertiary/aromatic N) is 1. The van der Waals surface area contributed by atoms with Crippen LogP contribution in [0.2, 0.25) is 0 Å². The molecule has 30 heavy (non-hydrogen) atoms. The number of benzene rings is 1. The number of carbonyl (C=O) groups is 2. The van der Waals surface area contributed by atoms with E-state index < -0.39 is 17.8 Å². The minimum Gasteiger partial charge on any atom is -0.453 e. The highest BCUT2D eigenvalue weighted by Crippen LogP contribution is 2.27. The zero-order valence-electron chi connectivity index (χ0n) is 16.8. The summed E-state index contributed by atoms with van der Waals surface area (Å²) in [6.45, 7) is 0. The van der Waals surface area contributed by atoms with Crippen LogP contribution >= 0.6 is 11.8 Å². The second-order valence-electron chi connectivity index (χ2n) is 6.95. The summed E-state index contributed by atoms with van der Waals surface area (Å²) >= 11 is 1.56. The summed E-state index contributed by atoms with van der Waals surface area (Å²) in [5.74, 6) is -0.489. The molecule has 3 rings (SSSR count). The average molecular weight is 434 g/mol. The Labute approximate surface area is 178 Å². The smallest absolute Gasteiger partial charge is 0.407 e. The minimum atomic E-state index is -0.614. The fraction of sp³-hybridized carbons (Fsp3) is 0.381. The normalized spacial score (nSPS) is 18.4. The summed E-state index contributed by atoms with van der Waals surface area (Å²) in [5, 5.41) is 5.70. The Morgan fingerprint density at radius 3 is 2.50 bits per heavy atom. The summed E-state index contributed by atoms with van der Waals surface area (Å²) in [4.78, 5) is 29.1. The largest absolute Gasteiger partial charge is 0.453 e. The second kappa shape index (κ2) is 10.3. The van der Waals surface area contributed by atoms with Crippen molar-refractivity contribution in [2.24, 2.45) is 0 Å². The number of carbonyl (C=O) groups excluding carboxylic acids is 2. The Kier molecular flexibility index (Phi) is 7.51. The molecule has 1 heterocycles. The number of halogens is 1. The van der Waals surface area contributed by atoms with E-state index in [2.05, 4.69) is 20.4 Å². The van der Waals surface area contributed by atoms with Gasteiger partial charge in [-0.25, -0.2) is 14.2 Å². The topological polar surface area (TPSA) is 89.6 Å². The summed E-state index contributed by atoms with van der Waals surface area (Å²) in [6.07, 6.45) is 5.32.